The summed E-state index contributed by atoms with van der Waals surface area (Å²) in [5, 5.41) is 17.4. The van der Waals surface area contributed by atoms with Gasteiger partial charge in [0.05, 0.1) is 10.4 Å². The summed E-state index contributed by atoms with van der Waals surface area (Å²) < 4.78 is 65.6. The Labute approximate surface area is 225 Å². The van der Waals surface area contributed by atoms with Crippen molar-refractivity contribution in [3.05, 3.63) is 64.1 Å². The van der Waals surface area contributed by atoms with Crippen LogP contribution in [0.4, 0.5) is 19.0 Å². The molecule has 39 heavy (non-hydrogen) atoms. The normalized spacial score (nSPS) is 20.0. The van der Waals surface area contributed by atoms with Crippen LogP contribution < -0.4 is 11.1 Å². The third-order valence-corrected chi connectivity index (χ3v) is 9.19. The number of likely N-dealkylation sites (tertiary alicyclic amines) is 1. The summed E-state index contributed by atoms with van der Waals surface area (Å²) in [6.07, 6.45) is 6.06. The average Bonchev–Trinajstić information content (AvgIpc) is 3.32. The van der Waals surface area contributed by atoms with Gasteiger partial charge in [0.1, 0.15) is 17.1 Å². The first-order valence-electron chi connectivity index (χ1n) is 12.7. The molecule has 2 heterocycles. The number of sulfone groups is 1. The van der Waals surface area contributed by atoms with Gasteiger partial charge in [-0.1, -0.05) is 13.8 Å². The van der Waals surface area contributed by atoms with E-state index in [0.29, 0.717) is 50.2 Å². The number of nitrogens with one attached hydrogen (secondary N) is 1. The van der Waals surface area contributed by atoms with E-state index < -0.39 is 33.0 Å². The summed E-state index contributed by atoms with van der Waals surface area (Å²) >= 11 is 0. The number of nitrogens with two attached hydrogens (primary N) is 1. The molecule has 1 unspecified atom stereocenters. The summed E-state index contributed by atoms with van der Waals surface area (Å²) in [6, 6.07) is 3.97. The highest BCUT2D eigenvalue weighted by Crippen LogP contribution is 2.36. The summed E-state index contributed by atoms with van der Waals surface area (Å²) in [4.78, 5) is 14.0. The number of alkyl halides is 2. The highest BCUT2D eigenvalue weighted by Gasteiger charge is 2.37. The van der Waals surface area contributed by atoms with E-state index in [1.165, 1.54) is 24.3 Å². The lowest BCUT2D eigenvalue weighted by Gasteiger charge is -2.41. The largest absolute Gasteiger partial charge is 0.508 e. The van der Waals surface area contributed by atoms with Gasteiger partial charge in [0.15, 0.2) is 5.82 Å². The van der Waals surface area contributed by atoms with Gasteiger partial charge in [-0.25, -0.2) is 12.8 Å². The standard InChI is InChI=1S/C26H32F3N5O4S/c1-3-26(8-10-33(11-9-26)14-17-13-18(35)4-6-21(17)27)34-15-20(23(30)36)24(32-34)31-22-7-5-19(12-16(22)2)39(37,38)25(28)29/h4-7,13,15-16,25,35H,3,8-12,14H2,1-2H3,(H2,30,36)(H,31,32). The van der Waals surface area contributed by atoms with Crippen molar-refractivity contribution in [2.24, 2.45) is 11.7 Å². The van der Waals surface area contributed by atoms with Crippen LogP contribution in [-0.4, -0.2) is 53.0 Å². The molecule has 0 saturated carbocycles. The highest BCUT2D eigenvalue weighted by molar-refractivity contribution is 7.95. The Morgan fingerprint density at radius 2 is 1.97 bits per heavy atom. The number of rotatable bonds is 9. The zero-order chi connectivity index (χ0) is 28.5. The summed E-state index contributed by atoms with van der Waals surface area (Å²) in [7, 11) is -4.68. The molecule has 1 atom stereocenters. The number of primary amides is 1. The number of carbonyl (C=O) groups is 1. The minimum absolute atomic E-state index is 0.00613. The predicted molar refractivity (Wildman–Crippen MR) is 140 cm³/mol. The summed E-state index contributed by atoms with van der Waals surface area (Å²) in [5.74, 6) is -4.82. The van der Waals surface area contributed by atoms with Gasteiger partial charge in [-0.3, -0.25) is 14.4 Å². The van der Waals surface area contributed by atoms with Crippen LogP contribution in [0.1, 0.15) is 55.5 Å². The molecule has 0 radical (unpaired) electrons. The fourth-order valence-electron chi connectivity index (χ4n) is 5.14. The number of phenols is 1. The zero-order valence-corrected chi connectivity index (χ0v) is 22.5. The monoisotopic (exact) mass is 567 g/mol. The maximum absolute atomic E-state index is 14.2. The summed E-state index contributed by atoms with van der Waals surface area (Å²) in [5.41, 5.74) is 6.29. The molecule has 2 aromatic rings. The molecule has 4 N–H and O–H groups in total. The molecule has 9 nitrogen and oxygen atoms in total. The number of hydrogen-bond donors (Lipinski definition) is 3. The number of benzene rings is 1. The molecular weight excluding hydrogens is 535 g/mol. The van der Waals surface area contributed by atoms with Gasteiger partial charge in [0, 0.05) is 43.0 Å². The summed E-state index contributed by atoms with van der Waals surface area (Å²) in [6.45, 7) is 5.32. The first-order valence-corrected chi connectivity index (χ1v) is 14.2. The second-order valence-electron chi connectivity index (χ2n) is 10.1. The fourth-order valence-corrected chi connectivity index (χ4v) is 6.11. The number of carbonyl (C=O) groups excluding carboxylic acids is 1. The first kappa shape index (κ1) is 28.7. The van der Waals surface area contributed by atoms with Crippen molar-refractivity contribution >= 4 is 21.6 Å². The number of aromatic hydroxyl groups is 1. The van der Waals surface area contributed by atoms with Gasteiger partial charge in [0.2, 0.25) is 9.84 Å². The van der Waals surface area contributed by atoms with E-state index in [1.54, 1.807) is 17.8 Å². The minimum atomic E-state index is -4.68. The van der Waals surface area contributed by atoms with Crippen molar-refractivity contribution in [3.8, 4) is 5.75 Å². The fraction of sp³-hybridized carbons (Fsp3) is 0.462. The molecule has 1 aromatic heterocycles. The number of hydrogen-bond acceptors (Lipinski definition) is 7. The smallest absolute Gasteiger partial charge is 0.340 e. The minimum Gasteiger partial charge on any atom is -0.508 e. The van der Waals surface area contributed by atoms with E-state index in [2.05, 4.69) is 15.3 Å². The topological polar surface area (TPSA) is 131 Å². The number of halogens is 3. The third-order valence-electron chi connectivity index (χ3n) is 7.68. The van der Waals surface area contributed by atoms with Crippen LogP contribution in [0.25, 0.3) is 0 Å². The van der Waals surface area contributed by atoms with Crippen molar-refractivity contribution in [3.63, 3.8) is 0 Å². The van der Waals surface area contributed by atoms with Gasteiger partial charge in [0.25, 0.3) is 5.91 Å². The molecule has 212 valence electrons. The Hall–Kier alpha value is -3.32. The second kappa shape index (κ2) is 11.0. The maximum atomic E-state index is 14.2. The van der Waals surface area contributed by atoms with E-state index in [4.69, 9.17) is 5.73 Å². The quantitative estimate of drug-likeness (QED) is 0.416. The van der Waals surface area contributed by atoms with E-state index in [0.717, 1.165) is 6.08 Å². The molecule has 0 spiro atoms. The lowest BCUT2D eigenvalue weighted by Crippen LogP contribution is -2.46. The molecule has 13 heteroatoms. The van der Waals surface area contributed by atoms with Crippen molar-refractivity contribution < 1.29 is 31.5 Å². The van der Waals surface area contributed by atoms with Crippen LogP contribution in [-0.2, 0) is 21.9 Å². The number of piperidine rings is 1. The zero-order valence-electron chi connectivity index (χ0n) is 21.7. The molecule has 0 bridgehead atoms. The molecule has 2 aliphatic rings. The molecule has 1 aliphatic heterocycles. The number of amides is 1. The number of anilines is 1. The van der Waals surface area contributed by atoms with Crippen LogP contribution in [0, 0.1) is 11.7 Å². The van der Waals surface area contributed by atoms with Crippen LogP contribution in [0.2, 0.25) is 0 Å². The van der Waals surface area contributed by atoms with Crippen molar-refractivity contribution in [2.45, 2.75) is 57.4 Å². The van der Waals surface area contributed by atoms with Gasteiger partial charge in [-0.2, -0.15) is 13.9 Å². The van der Waals surface area contributed by atoms with Gasteiger partial charge in [-0.15, -0.1) is 0 Å². The Bertz CT molecular complexity index is 1410. The third kappa shape index (κ3) is 5.83. The van der Waals surface area contributed by atoms with Crippen LogP contribution in [0.15, 0.2) is 47.2 Å². The van der Waals surface area contributed by atoms with Crippen molar-refractivity contribution in [1.82, 2.24) is 14.7 Å². The van der Waals surface area contributed by atoms with Gasteiger partial charge in [-0.05, 0) is 56.0 Å². The molecule has 1 aliphatic carbocycles. The molecule has 4 rings (SSSR count). The van der Waals surface area contributed by atoms with E-state index >= 15 is 0 Å². The van der Waals surface area contributed by atoms with E-state index in [-0.39, 0.29) is 34.3 Å². The molecule has 1 aromatic carbocycles. The Morgan fingerprint density at radius 3 is 2.56 bits per heavy atom. The Kier molecular flexibility index (Phi) is 8.12. The predicted octanol–water partition coefficient (Wildman–Crippen LogP) is 4.08. The SMILES string of the molecule is CCC1(n2cc(C(N)=O)c(NC3=CC=C(S(=O)(=O)C(F)F)CC3C)n2)CCN(Cc2cc(O)ccc2F)CC1. The van der Waals surface area contributed by atoms with Gasteiger partial charge >= 0.3 is 5.76 Å². The second-order valence-corrected chi connectivity index (χ2v) is 12.1. The molecular formula is C26H32F3N5O4S. The Morgan fingerprint density at radius 1 is 1.28 bits per heavy atom. The first-order chi connectivity index (χ1) is 18.4. The number of aromatic nitrogens is 2. The molecule has 1 amide bonds. The van der Waals surface area contributed by atoms with Crippen LogP contribution in [0.5, 0.6) is 5.75 Å². The van der Waals surface area contributed by atoms with Crippen LogP contribution in [0.3, 0.4) is 0 Å². The lowest BCUT2D eigenvalue weighted by molar-refractivity contribution is 0.0899. The number of allylic oxidation sites excluding steroid dienone is 4. The van der Waals surface area contributed by atoms with Crippen molar-refractivity contribution in [2.75, 3.05) is 18.4 Å². The van der Waals surface area contributed by atoms with Crippen molar-refractivity contribution in [1.29, 1.82) is 0 Å². The number of nitrogens with zero attached hydrogens (tertiary/aromatic N) is 3. The van der Waals surface area contributed by atoms with E-state index in [9.17, 15) is 31.5 Å². The average molecular weight is 568 g/mol. The van der Waals surface area contributed by atoms with E-state index in [1.807, 2.05) is 6.92 Å². The molecule has 1 fully saturated rings. The maximum Gasteiger partial charge on any atom is 0.340 e. The van der Waals surface area contributed by atoms with Gasteiger partial charge < -0.3 is 16.2 Å². The molecule has 1 saturated heterocycles. The Balaban J connectivity index is 1.54. The number of phenolic OH excluding ortho intramolecular Hbond substituents is 1. The highest BCUT2D eigenvalue weighted by atomic mass is 32.2. The lowest BCUT2D eigenvalue weighted by atomic mass is 9.85. The van der Waals surface area contributed by atoms with Crippen LogP contribution >= 0.6 is 0 Å².